The lowest BCUT2D eigenvalue weighted by Crippen LogP contribution is -1.98. The monoisotopic (exact) mass is 338 g/mol. The molecule has 0 aliphatic heterocycles. The predicted octanol–water partition coefficient (Wildman–Crippen LogP) is 3.81. The summed E-state index contributed by atoms with van der Waals surface area (Å²) in [7, 11) is 0. The molecule has 5 heteroatoms. The molecule has 19 heavy (non-hydrogen) atoms. The maximum atomic E-state index is 9.09. The fourth-order valence-electron chi connectivity index (χ4n) is 1.61. The Morgan fingerprint density at radius 1 is 1.16 bits per heavy atom. The molecule has 0 bridgehead atoms. The minimum absolute atomic E-state index is 0.0444. The molecular weight excluding hydrogens is 324 g/mol. The van der Waals surface area contributed by atoms with Crippen molar-refractivity contribution < 1.29 is 5.11 Å². The van der Waals surface area contributed by atoms with Crippen molar-refractivity contribution in [2.24, 2.45) is 0 Å². The summed E-state index contributed by atoms with van der Waals surface area (Å²) in [5.41, 5.74) is 4.05. The van der Waals surface area contributed by atoms with Gasteiger partial charge in [0.2, 0.25) is 0 Å². The number of hydrogen-bond donors (Lipinski definition) is 1. The van der Waals surface area contributed by atoms with Gasteiger partial charge in [-0.05, 0) is 71.7 Å². The van der Waals surface area contributed by atoms with E-state index in [4.69, 9.17) is 5.11 Å². The number of aromatic nitrogens is 2. The predicted molar refractivity (Wildman–Crippen MR) is 80.4 cm³/mol. The molecule has 0 amide bonds. The van der Waals surface area contributed by atoms with E-state index in [-0.39, 0.29) is 6.61 Å². The second-order valence-electron chi connectivity index (χ2n) is 4.33. The number of aryl methyl sites for hydroxylation is 2. The highest BCUT2D eigenvalue weighted by Crippen LogP contribution is 2.32. The SMILES string of the molecule is Cc1nc(Sc2ccc(CO)cc2Br)nc(C)c1C. The van der Waals surface area contributed by atoms with Crippen LogP contribution >= 0.6 is 27.7 Å². The standard InChI is InChI=1S/C14H15BrN2OS/c1-8-9(2)16-14(17-10(8)3)19-13-5-4-11(7-18)6-12(13)15/h4-6,18H,7H2,1-3H3. The molecule has 2 rings (SSSR count). The minimum atomic E-state index is 0.0444. The van der Waals surface area contributed by atoms with Crippen LogP contribution in [-0.2, 0) is 6.61 Å². The fourth-order valence-corrected chi connectivity index (χ4v) is 3.13. The number of rotatable bonds is 3. The molecule has 1 aromatic carbocycles. The summed E-state index contributed by atoms with van der Waals surface area (Å²) in [5.74, 6) is 0. The third-order valence-corrected chi connectivity index (χ3v) is 4.85. The van der Waals surface area contributed by atoms with Crippen molar-refractivity contribution >= 4 is 27.7 Å². The maximum Gasteiger partial charge on any atom is 0.192 e. The normalized spacial score (nSPS) is 10.8. The first-order chi connectivity index (χ1) is 9.01. The van der Waals surface area contributed by atoms with E-state index >= 15 is 0 Å². The van der Waals surface area contributed by atoms with Gasteiger partial charge in [0.15, 0.2) is 5.16 Å². The molecule has 0 saturated heterocycles. The first-order valence-electron chi connectivity index (χ1n) is 5.90. The van der Waals surface area contributed by atoms with Crippen LogP contribution in [0.1, 0.15) is 22.5 Å². The van der Waals surface area contributed by atoms with E-state index in [1.807, 2.05) is 39.0 Å². The van der Waals surface area contributed by atoms with Gasteiger partial charge in [-0.25, -0.2) is 9.97 Å². The molecule has 1 aromatic heterocycles. The summed E-state index contributed by atoms with van der Waals surface area (Å²) in [6.07, 6.45) is 0. The van der Waals surface area contributed by atoms with E-state index in [0.717, 1.165) is 37.0 Å². The highest BCUT2D eigenvalue weighted by Gasteiger charge is 2.09. The molecule has 0 spiro atoms. The van der Waals surface area contributed by atoms with Crippen molar-refractivity contribution in [1.29, 1.82) is 0 Å². The Hall–Kier alpha value is -0.910. The number of benzene rings is 1. The molecule has 1 N–H and O–H groups in total. The zero-order chi connectivity index (χ0) is 14.0. The van der Waals surface area contributed by atoms with Gasteiger partial charge in [-0.15, -0.1) is 0 Å². The lowest BCUT2D eigenvalue weighted by molar-refractivity contribution is 0.281. The van der Waals surface area contributed by atoms with Crippen molar-refractivity contribution in [1.82, 2.24) is 9.97 Å². The summed E-state index contributed by atoms with van der Waals surface area (Å²) >= 11 is 5.03. The number of nitrogens with zero attached hydrogens (tertiary/aromatic N) is 2. The Kier molecular flexibility index (Phi) is 4.60. The molecule has 1 heterocycles. The fraction of sp³-hybridized carbons (Fsp3) is 0.286. The number of hydrogen-bond acceptors (Lipinski definition) is 4. The van der Waals surface area contributed by atoms with Crippen molar-refractivity contribution in [3.05, 3.63) is 45.2 Å². The molecule has 100 valence electrons. The Morgan fingerprint density at radius 3 is 2.32 bits per heavy atom. The largest absolute Gasteiger partial charge is 0.392 e. The molecule has 0 fully saturated rings. The Labute approximate surface area is 125 Å². The van der Waals surface area contributed by atoms with Gasteiger partial charge < -0.3 is 5.11 Å². The average Bonchev–Trinajstić information content (AvgIpc) is 2.38. The van der Waals surface area contributed by atoms with Crippen molar-refractivity contribution in [2.45, 2.75) is 37.4 Å². The molecule has 3 nitrogen and oxygen atoms in total. The Balaban J connectivity index is 2.31. The maximum absolute atomic E-state index is 9.09. The third-order valence-electron chi connectivity index (χ3n) is 2.99. The molecule has 0 aliphatic carbocycles. The van der Waals surface area contributed by atoms with Gasteiger partial charge >= 0.3 is 0 Å². The summed E-state index contributed by atoms with van der Waals surface area (Å²) in [4.78, 5) is 10.0. The first kappa shape index (κ1) is 14.5. The second kappa shape index (κ2) is 6.03. The van der Waals surface area contributed by atoms with Crippen LogP contribution in [-0.4, -0.2) is 15.1 Å². The molecule has 0 saturated carbocycles. The van der Waals surface area contributed by atoms with Crippen molar-refractivity contribution in [3.63, 3.8) is 0 Å². The van der Waals surface area contributed by atoms with Gasteiger partial charge in [0, 0.05) is 20.8 Å². The van der Waals surface area contributed by atoms with Gasteiger partial charge in [0.25, 0.3) is 0 Å². The second-order valence-corrected chi connectivity index (χ2v) is 6.19. The van der Waals surface area contributed by atoms with Gasteiger partial charge in [-0.1, -0.05) is 6.07 Å². The molecule has 0 radical (unpaired) electrons. The molecule has 0 aliphatic rings. The summed E-state index contributed by atoms with van der Waals surface area (Å²) < 4.78 is 0.948. The lowest BCUT2D eigenvalue weighted by atomic mass is 10.2. The number of aliphatic hydroxyl groups excluding tert-OH is 1. The average molecular weight is 339 g/mol. The van der Waals surface area contributed by atoms with Crippen LogP contribution in [0.4, 0.5) is 0 Å². The lowest BCUT2D eigenvalue weighted by Gasteiger charge is -2.08. The first-order valence-corrected chi connectivity index (χ1v) is 7.51. The summed E-state index contributed by atoms with van der Waals surface area (Å²) in [6.45, 7) is 6.07. The number of halogens is 1. The Morgan fingerprint density at radius 2 is 1.79 bits per heavy atom. The van der Waals surface area contributed by atoms with E-state index in [1.165, 1.54) is 11.8 Å². The quantitative estimate of drug-likeness (QED) is 0.864. The molecule has 2 aromatic rings. The van der Waals surface area contributed by atoms with E-state index in [9.17, 15) is 0 Å². The number of aliphatic hydroxyl groups is 1. The van der Waals surface area contributed by atoms with E-state index in [0.29, 0.717) is 0 Å². The zero-order valence-electron chi connectivity index (χ0n) is 11.1. The topological polar surface area (TPSA) is 46.0 Å². The van der Waals surface area contributed by atoms with Gasteiger partial charge in [-0.2, -0.15) is 0 Å². The summed E-state index contributed by atoms with van der Waals surface area (Å²) in [5, 5.41) is 9.84. The molecule has 0 atom stereocenters. The van der Waals surface area contributed by atoms with Gasteiger partial charge in [-0.3, -0.25) is 0 Å². The van der Waals surface area contributed by atoms with Crippen molar-refractivity contribution in [2.75, 3.05) is 0 Å². The van der Waals surface area contributed by atoms with Crippen molar-refractivity contribution in [3.8, 4) is 0 Å². The van der Waals surface area contributed by atoms with Crippen LogP contribution in [0.25, 0.3) is 0 Å². The van der Waals surface area contributed by atoms with Crippen LogP contribution in [0.15, 0.2) is 32.7 Å². The van der Waals surface area contributed by atoms with Gasteiger partial charge in [0.05, 0.1) is 6.61 Å². The van der Waals surface area contributed by atoms with Crippen LogP contribution in [0.5, 0.6) is 0 Å². The van der Waals surface area contributed by atoms with Crippen LogP contribution < -0.4 is 0 Å². The summed E-state index contributed by atoms with van der Waals surface area (Å²) in [6, 6.07) is 5.78. The van der Waals surface area contributed by atoms with Gasteiger partial charge in [0.1, 0.15) is 0 Å². The zero-order valence-corrected chi connectivity index (χ0v) is 13.5. The van der Waals surface area contributed by atoms with E-state index in [2.05, 4.69) is 25.9 Å². The van der Waals surface area contributed by atoms with Crippen LogP contribution in [0, 0.1) is 20.8 Å². The van der Waals surface area contributed by atoms with Crippen LogP contribution in [0.2, 0.25) is 0 Å². The van der Waals surface area contributed by atoms with Crippen LogP contribution in [0.3, 0.4) is 0 Å². The molecular formula is C14H15BrN2OS. The molecule has 0 unspecified atom stereocenters. The Bertz CT molecular complexity index is 593. The highest BCUT2D eigenvalue weighted by atomic mass is 79.9. The minimum Gasteiger partial charge on any atom is -0.392 e. The third kappa shape index (κ3) is 3.35. The van der Waals surface area contributed by atoms with E-state index in [1.54, 1.807) is 0 Å². The van der Waals surface area contributed by atoms with E-state index < -0.39 is 0 Å². The smallest absolute Gasteiger partial charge is 0.192 e. The highest BCUT2D eigenvalue weighted by molar-refractivity contribution is 9.10.